The molecule has 2 aromatic rings. The molecular formula is C10H14N6O2S. The largest absolute Gasteiger partial charge is 0.368 e. The third kappa shape index (κ3) is 2.21. The Labute approximate surface area is 109 Å². The van der Waals surface area contributed by atoms with Gasteiger partial charge in [0.15, 0.2) is 21.3 Å². The number of rotatable bonds is 2. The number of nitrogen functional groups attached to an aromatic ring is 1. The van der Waals surface area contributed by atoms with Crippen molar-refractivity contribution in [2.45, 2.75) is 18.9 Å². The first-order chi connectivity index (χ1) is 8.87. The molecule has 3 heterocycles. The third-order valence-corrected chi connectivity index (χ3v) is 5.13. The van der Waals surface area contributed by atoms with Crippen LogP contribution in [-0.4, -0.2) is 45.4 Å². The summed E-state index contributed by atoms with van der Waals surface area (Å²) < 4.78 is 23.2. The molecule has 0 aromatic carbocycles. The first-order valence-electron chi connectivity index (χ1n) is 5.82. The minimum absolute atomic E-state index is 0.0829. The first-order valence-corrected chi connectivity index (χ1v) is 7.64. The van der Waals surface area contributed by atoms with E-state index in [4.69, 9.17) is 5.73 Å². The van der Waals surface area contributed by atoms with Crippen molar-refractivity contribution in [3.8, 4) is 0 Å². The van der Waals surface area contributed by atoms with E-state index in [0.717, 1.165) is 0 Å². The summed E-state index contributed by atoms with van der Waals surface area (Å²) in [5, 5.41) is 3.16. The van der Waals surface area contributed by atoms with Crippen molar-refractivity contribution in [2.24, 2.45) is 0 Å². The van der Waals surface area contributed by atoms with E-state index in [1.807, 2.05) is 6.92 Å². The van der Waals surface area contributed by atoms with Gasteiger partial charge >= 0.3 is 0 Å². The Balaban J connectivity index is 2.00. The predicted molar refractivity (Wildman–Crippen MR) is 71.4 cm³/mol. The van der Waals surface area contributed by atoms with Crippen molar-refractivity contribution >= 4 is 32.8 Å². The molecule has 0 aliphatic carbocycles. The highest BCUT2D eigenvalue weighted by Gasteiger charge is 2.39. The van der Waals surface area contributed by atoms with Gasteiger partial charge in [0.2, 0.25) is 5.95 Å². The quantitative estimate of drug-likeness (QED) is 0.703. The molecule has 1 fully saturated rings. The summed E-state index contributed by atoms with van der Waals surface area (Å²) in [6, 6.07) is 0. The zero-order chi connectivity index (χ0) is 13.7. The molecule has 19 heavy (non-hydrogen) atoms. The molecular weight excluding hydrogens is 268 g/mol. The Kier molecular flexibility index (Phi) is 2.43. The van der Waals surface area contributed by atoms with E-state index < -0.39 is 15.4 Å². The molecule has 1 saturated heterocycles. The van der Waals surface area contributed by atoms with Gasteiger partial charge in [0.25, 0.3) is 0 Å². The summed E-state index contributed by atoms with van der Waals surface area (Å²) in [5.41, 5.74) is 6.16. The van der Waals surface area contributed by atoms with Gasteiger partial charge in [-0.25, -0.2) is 13.4 Å². The SMILES string of the molecule is CC1(Nc2nc(N)nc3nc[nH]c23)CCS(=O)(=O)C1. The number of fused-ring (bicyclic) bond motifs is 1. The number of nitrogens with zero attached hydrogens (tertiary/aromatic N) is 3. The average Bonchev–Trinajstić information content (AvgIpc) is 2.83. The van der Waals surface area contributed by atoms with Gasteiger partial charge in [0.1, 0.15) is 5.52 Å². The van der Waals surface area contributed by atoms with Crippen molar-refractivity contribution in [3.63, 3.8) is 0 Å². The molecule has 102 valence electrons. The number of H-pyrrole nitrogens is 1. The van der Waals surface area contributed by atoms with Crippen molar-refractivity contribution in [1.82, 2.24) is 19.9 Å². The number of hydrogen-bond donors (Lipinski definition) is 3. The maximum atomic E-state index is 11.6. The Morgan fingerprint density at radius 2 is 2.26 bits per heavy atom. The van der Waals surface area contributed by atoms with Crippen molar-refractivity contribution in [2.75, 3.05) is 22.6 Å². The number of nitrogens with one attached hydrogen (secondary N) is 2. The lowest BCUT2D eigenvalue weighted by Gasteiger charge is -2.24. The van der Waals surface area contributed by atoms with E-state index in [1.54, 1.807) is 0 Å². The summed E-state index contributed by atoms with van der Waals surface area (Å²) in [6.07, 6.45) is 2.03. The summed E-state index contributed by atoms with van der Waals surface area (Å²) in [6.45, 7) is 1.86. The first kappa shape index (κ1) is 12.2. The fourth-order valence-electron chi connectivity index (χ4n) is 2.34. The number of sulfone groups is 1. The highest BCUT2D eigenvalue weighted by Crippen LogP contribution is 2.29. The van der Waals surface area contributed by atoms with Crippen molar-refractivity contribution in [3.05, 3.63) is 6.33 Å². The highest BCUT2D eigenvalue weighted by atomic mass is 32.2. The van der Waals surface area contributed by atoms with Gasteiger partial charge in [-0.1, -0.05) is 0 Å². The molecule has 2 aromatic heterocycles. The number of aromatic nitrogens is 4. The lowest BCUT2D eigenvalue weighted by molar-refractivity contribution is 0.572. The van der Waals surface area contributed by atoms with Gasteiger partial charge in [0.05, 0.1) is 23.4 Å². The molecule has 1 unspecified atom stereocenters. The fraction of sp³-hybridized carbons (Fsp3) is 0.500. The number of aromatic amines is 1. The summed E-state index contributed by atoms with van der Waals surface area (Å²) in [7, 11) is -2.99. The van der Waals surface area contributed by atoms with E-state index in [2.05, 4.69) is 25.3 Å². The normalized spacial score (nSPS) is 25.7. The smallest absolute Gasteiger partial charge is 0.224 e. The van der Waals surface area contributed by atoms with Crippen LogP contribution in [-0.2, 0) is 9.84 Å². The van der Waals surface area contributed by atoms with Crippen LogP contribution < -0.4 is 11.1 Å². The summed E-state index contributed by atoms with van der Waals surface area (Å²) in [4.78, 5) is 15.1. The fourth-order valence-corrected chi connectivity index (χ4v) is 4.43. The van der Waals surface area contributed by atoms with Crippen LogP contribution in [0.2, 0.25) is 0 Å². The van der Waals surface area contributed by atoms with Gasteiger partial charge in [-0.05, 0) is 13.3 Å². The van der Waals surface area contributed by atoms with Gasteiger partial charge in [-0.3, -0.25) is 0 Å². The van der Waals surface area contributed by atoms with Gasteiger partial charge < -0.3 is 16.0 Å². The van der Waals surface area contributed by atoms with Crippen LogP contribution in [0.3, 0.4) is 0 Å². The zero-order valence-electron chi connectivity index (χ0n) is 10.3. The Hall–Kier alpha value is -1.90. The topological polar surface area (TPSA) is 127 Å². The molecule has 0 spiro atoms. The van der Waals surface area contributed by atoms with Crippen molar-refractivity contribution in [1.29, 1.82) is 0 Å². The number of hydrogen-bond acceptors (Lipinski definition) is 7. The van der Waals surface area contributed by atoms with E-state index in [9.17, 15) is 8.42 Å². The zero-order valence-corrected chi connectivity index (χ0v) is 11.2. The van der Waals surface area contributed by atoms with E-state index >= 15 is 0 Å². The molecule has 1 atom stereocenters. The van der Waals surface area contributed by atoms with E-state index in [-0.39, 0.29) is 17.5 Å². The minimum atomic E-state index is -2.99. The maximum Gasteiger partial charge on any atom is 0.224 e. The lowest BCUT2D eigenvalue weighted by atomic mass is 10.0. The minimum Gasteiger partial charge on any atom is -0.368 e. The molecule has 8 nitrogen and oxygen atoms in total. The lowest BCUT2D eigenvalue weighted by Crippen LogP contribution is -2.36. The van der Waals surface area contributed by atoms with Crippen LogP contribution in [0.25, 0.3) is 11.2 Å². The summed E-state index contributed by atoms with van der Waals surface area (Å²) >= 11 is 0. The average molecular weight is 282 g/mol. The van der Waals surface area contributed by atoms with Crippen LogP contribution in [0.5, 0.6) is 0 Å². The molecule has 4 N–H and O–H groups in total. The van der Waals surface area contributed by atoms with Crippen LogP contribution in [0.4, 0.5) is 11.8 Å². The van der Waals surface area contributed by atoms with Gasteiger partial charge in [0, 0.05) is 0 Å². The molecule has 1 aliphatic heterocycles. The molecule has 0 amide bonds. The molecule has 9 heteroatoms. The second-order valence-electron chi connectivity index (χ2n) is 5.06. The Morgan fingerprint density at radius 1 is 1.47 bits per heavy atom. The Bertz CT molecular complexity index is 740. The maximum absolute atomic E-state index is 11.6. The standard InChI is InChI=1S/C10H14N6O2S/c1-10(2-3-19(17,18)4-10)16-8-6-7(13-5-12-6)14-9(11)15-8/h5H,2-4H2,1H3,(H4,11,12,13,14,15,16). The molecule has 0 radical (unpaired) electrons. The predicted octanol–water partition coefficient (Wildman–Crippen LogP) is -0.0758. The van der Waals surface area contributed by atoms with Crippen LogP contribution >= 0.6 is 0 Å². The van der Waals surface area contributed by atoms with Gasteiger partial charge in [-0.2, -0.15) is 9.97 Å². The van der Waals surface area contributed by atoms with E-state index in [1.165, 1.54) is 6.33 Å². The van der Waals surface area contributed by atoms with Crippen LogP contribution in [0.15, 0.2) is 6.33 Å². The highest BCUT2D eigenvalue weighted by molar-refractivity contribution is 7.91. The van der Waals surface area contributed by atoms with E-state index in [0.29, 0.717) is 23.4 Å². The van der Waals surface area contributed by atoms with Crippen LogP contribution in [0.1, 0.15) is 13.3 Å². The van der Waals surface area contributed by atoms with Crippen molar-refractivity contribution < 1.29 is 8.42 Å². The molecule has 3 rings (SSSR count). The third-order valence-electron chi connectivity index (χ3n) is 3.23. The molecule has 0 bridgehead atoms. The van der Waals surface area contributed by atoms with Gasteiger partial charge in [-0.15, -0.1) is 0 Å². The second-order valence-corrected chi connectivity index (χ2v) is 7.24. The number of anilines is 2. The molecule has 1 aliphatic rings. The van der Waals surface area contributed by atoms with Crippen LogP contribution in [0, 0.1) is 0 Å². The number of nitrogens with two attached hydrogens (primary N) is 1. The monoisotopic (exact) mass is 282 g/mol. The summed E-state index contributed by atoms with van der Waals surface area (Å²) in [5.74, 6) is 0.856. The second kappa shape index (κ2) is 3.80. The molecule has 0 saturated carbocycles. The number of imidazole rings is 1. The Morgan fingerprint density at radius 3 is 2.95 bits per heavy atom.